The van der Waals surface area contributed by atoms with Crippen LogP contribution in [0.3, 0.4) is 0 Å². The Kier molecular flexibility index (Phi) is 6.29. The number of fused-ring (bicyclic) bond motifs is 1. The molecule has 2 amide bonds. The number of methoxy groups -OCH3 is 1. The lowest BCUT2D eigenvalue weighted by Crippen LogP contribution is -2.37. The van der Waals surface area contributed by atoms with Gasteiger partial charge in [-0.25, -0.2) is 0 Å². The fourth-order valence-electron chi connectivity index (χ4n) is 3.60. The fourth-order valence-corrected chi connectivity index (χ4v) is 3.80. The zero-order valence-electron chi connectivity index (χ0n) is 18.1. The second-order valence-corrected chi connectivity index (χ2v) is 8.01. The summed E-state index contributed by atoms with van der Waals surface area (Å²) >= 11 is 6.03. The van der Waals surface area contributed by atoms with Crippen molar-refractivity contribution in [1.82, 2.24) is 5.32 Å². The molecular weight excluding hydrogens is 440 g/mol. The Morgan fingerprint density at radius 3 is 2.52 bits per heavy atom. The predicted octanol–water partition coefficient (Wildman–Crippen LogP) is 4.52. The highest BCUT2D eigenvalue weighted by Gasteiger charge is 2.33. The molecule has 0 aliphatic carbocycles. The van der Waals surface area contributed by atoms with Gasteiger partial charge in [0, 0.05) is 29.7 Å². The van der Waals surface area contributed by atoms with E-state index in [0.717, 1.165) is 11.3 Å². The average Bonchev–Trinajstić information content (AvgIpc) is 2.83. The first kappa shape index (κ1) is 22.3. The third kappa shape index (κ3) is 4.66. The number of ketones is 1. The quantitative estimate of drug-likeness (QED) is 0.448. The number of carbonyl (C=O) groups excluding carboxylic acids is 3. The number of ether oxygens (including phenoxy) is 1. The summed E-state index contributed by atoms with van der Waals surface area (Å²) in [4.78, 5) is 40.2. The van der Waals surface area contributed by atoms with Crippen molar-refractivity contribution in [3.8, 4) is 5.75 Å². The highest BCUT2D eigenvalue weighted by Crippen LogP contribution is 2.31. The summed E-state index contributed by atoms with van der Waals surface area (Å²) < 4.78 is 5.14. The zero-order chi connectivity index (χ0) is 23.5. The summed E-state index contributed by atoms with van der Waals surface area (Å²) in [6.07, 6.45) is 1.52. The van der Waals surface area contributed by atoms with Crippen molar-refractivity contribution in [1.29, 1.82) is 0 Å². The molecule has 0 aromatic heterocycles. The lowest BCUT2D eigenvalue weighted by molar-refractivity contribution is -0.114. The lowest BCUT2D eigenvalue weighted by Gasteiger charge is -2.27. The topological polar surface area (TPSA) is 75.7 Å². The first-order chi connectivity index (χ1) is 15.9. The van der Waals surface area contributed by atoms with Crippen LogP contribution in [0.4, 0.5) is 5.69 Å². The molecule has 33 heavy (non-hydrogen) atoms. The minimum Gasteiger partial charge on any atom is -0.497 e. The van der Waals surface area contributed by atoms with Gasteiger partial charge in [0.15, 0.2) is 0 Å². The molecule has 0 spiro atoms. The fraction of sp³-hybridized carbons (Fsp3) is 0.115. The van der Waals surface area contributed by atoms with Crippen LogP contribution in [0.15, 0.2) is 72.3 Å². The van der Waals surface area contributed by atoms with Gasteiger partial charge in [-0.15, -0.1) is 0 Å². The number of hydrogen-bond donors (Lipinski definition) is 1. The molecule has 1 aliphatic rings. The SMILES string of the molecule is COc1ccc(CNC(=O)c2ccc3c(c2)C(=O)/C(=C/c2cccc(Cl)c2)C(=O)N3C)cc1. The number of benzene rings is 3. The Labute approximate surface area is 196 Å². The van der Waals surface area contributed by atoms with Crippen LogP contribution < -0.4 is 15.0 Å². The smallest absolute Gasteiger partial charge is 0.262 e. The second-order valence-electron chi connectivity index (χ2n) is 7.57. The van der Waals surface area contributed by atoms with Gasteiger partial charge >= 0.3 is 0 Å². The van der Waals surface area contributed by atoms with Crippen LogP contribution in [0.2, 0.25) is 5.02 Å². The van der Waals surface area contributed by atoms with Crippen LogP contribution >= 0.6 is 11.6 Å². The maximum absolute atomic E-state index is 13.2. The van der Waals surface area contributed by atoms with Crippen LogP contribution in [-0.2, 0) is 11.3 Å². The van der Waals surface area contributed by atoms with Crippen molar-refractivity contribution in [2.24, 2.45) is 0 Å². The van der Waals surface area contributed by atoms with E-state index in [1.807, 2.05) is 24.3 Å². The van der Waals surface area contributed by atoms with E-state index in [0.29, 0.717) is 33.9 Å². The molecule has 0 bridgehead atoms. The molecular formula is C26H21ClN2O4. The molecule has 4 rings (SSSR count). The molecule has 3 aromatic carbocycles. The van der Waals surface area contributed by atoms with Gasteiger partial charge in [0.2, 0.25) is 5.78 Å². The van der Waals surface area contributed by atoms with E-state index in [1.165, 1.54) is 17.0 Å². The van der Waals surface area contributed by atoms with Crippen molar-refractivity contribution in [2.45, 2.75) is 6.54 Å². The summed E-state index contributed by atoms with van der Waals surface area (Å²) in [5.41, 5.74) is 2.66. The number of nitrogens with one attached hydrogen (secondary N) is 1. The number of Topliss-reactive ketones (excluding diaryl/α,β-unsaturated/α-hetero) is 1. The van der Waals surface area contributed by atoms with Crippen molar-refractivity contribution in [3.63, 3.8) is 0 Å². The summed E-state index contributed by atoms with van der Waals surface area (Å²) in [5.74, 6) is -0.429. The molecule has 0 atom stereocenters. The molecule has 0 fully saturated rings. The number of anilines is 1. The number of carbonyl (C=O) groups is 3. The van der Waals surface area contributed by atoms with Crippen LogP contribution in [0.1, 0.15) is 31.8 Å². The van der Waals surface area contributed by atoms with E-state index < -0.39 is 11.7 Å². The molecule has 1 N–H and O–H groups in total. The van der Waals surface area contributed by atoms with Crippen LogP contribution in [0.5, 0.6) is 5.75 Å². The molecule has 3 aromatic rings. The Morgan fingerprint density at radius 1 is 1.06 bits per heavy atom. The van der Waals surface area contributed by atoms with Crippen molar-refractivity contribution >= 4 is 41.0 Å². The zero-order valence-corrected chi connectivity index (χ0v) is 18.8. The van der Waals surface area contributed by atoms with E-state index in [-0.39, 0.29) is 11.5 Å². The standard InChI is InChI=1S/C26H21ClN2O4/c1-29-23-11-8-18(25(31)28-15-16-6-9-20(33-2)10-7-16)14-21(23)24(30)22(26(29)32)13-17-4-3-5-19(27)12-17/h3-14H,15H2,1-2H3,(H,28,31)/b22-13-. The highest BCUT2D eigenvalue weighted by molar-refractivity contribution is 6.37. The monoisotopic (exact) mass is 460 g/mol. The minimum atomic E-state index is -0.433. The first-order valence-corrected chi connectivity index (χ1v) is 10.6. The molecule has 7 heteroatoms. The lowest BCUT2D eigenvalue weighted by atomic mass is 9.92. The minimum absolute atomic E-state index is 0.0167. The third-order valence-electron chi connectivity index (χ3n) is 5.42. The van der Waals surface area contributed by atoms with E-state index in [1.54, 1.807) is 50.6 Å². The molecule has 0 saturated heterocycles. The van der Waals surface area contributed by atoms with E-state index in [9.17, 15) is 14.4 Å². The number of nitrogens with zero attached hydrogens (tertiary/aromatic N) is 1. The van der Waals surface area contributed by atoms with Gasteiger partial charge in [-0.2, -0.15) is 0 Å². The van der Waals surface area contributed by atoms with Gasteiger partial charge in [-0.1, -0.05) is 35.9 Å². The Bertz CT molecular complexity index is 1280. The van der Waals surface area contributed by atoms with E-state index >= 15 is 0 Å². The van der Waals surface area contributed by atoms with Crippen LogP contribution in [-0.4, -0.2) is 31.8 Å². The van der Waals surface area contributed by atoms with Crippen molar-refractivity contribution < 1.29 is 19.1 Å². The van der Waals surface area contributed by atoms with Crippen LogP contribution in [0, 0.1) is 0 Å². The largest absolute Gasteiger partial charge is 0.497 e. The van der Waals surface area contributed by atoms with Crippen molar-refractivity contribution in [3.05, 3.63) is 99.6 Å². The summed E-state index contributed by atoms with van der Waals surface area (Å²) in [6.45, 7) is 0.326. The van der Waals surface area contributed by atoms with Gasteiger partial charge in [0.1, 0.15) is 5.75 Å². The number of likely N-dealkylation sites (N-methyl/N-ethyl adjacent to an activating group) is 1. The Hall–Kier alpha value is -3.90. The molecule has 0 saturated carbocycles. The number of hydrogen-bond acceptors (Lipinski definition) is 4. The van der Waals surface area contributed by atoms with E-state index in [2.05, 4.69) is 5.32 Å². The van der Waals surface area contributed by atoms with E-state index in [4.69, 9.17) is 16.3 Å². The van der Waals surface area contributed by atoms with Gasteiger partial charge in [0.05, 0.1) is 18.4 Å². The van der Waals surface area contributed by atoms with Crippen LogP contribution in [0.25, 0.3) is 6.08 Å². The normalized spacial score (nSPS) is 14.3. The van der Waals surface area contributed by atoms with Gasteiger partial charge in [-0.3, -0.25) is 14.4 Å². The molecule has 1 heterocycles. The second kappa shape index (κ2) is 9.30. The average molecular weight is 461 g/mol. The number of halogens is 1. The summed E-state index contributed by atoms with van der Waals surface area (Å²) in [5, 5.41) is 3.36. The maximum Gasteiger partial charge on any atom is 0.262 e. The van der Waals surface area contributed by atoms with Gasteiger partial charge in [-0.05, 0) is 59.7 Å². The summed E-state index contributed by atoms with van der Waals surface area (Å²) in [6, 6.07) is 19.0. The molecule has 6 nitrogen and oxygen atoms in total. The maximum atomic E-state index is 13.2. The third-order valence-corrected chi connectivity index (χ3v) is 5.65. The highest BCUT2D eigenvalue weighted by atomic mass is 35.5. The Balaban J connectivity index is 1.59. The molecule has 166 valence electrons. The number of rotatable bonds is 5. The summed E-state index contributed by atoms with van der Waals surface area (Å²) in [7, 11) is 3.19. The molecule has 0 radical (unpaired) electrons. The number of amides is 2. The Morgan fingerprint density at radius 2 is 1.82 bits per heavy atom. The molecule has 1 aliphatic heterocycles. The predicted molar refractivity (Wildman–Crippen MR) is 128 cm³/mol. The van der Waals surface area contributed by atoms with Gasteiger partial charge < -0.3 is 15.0 Å². The van der Waals surface area contributed by atoms with Crippen molar-refractivity contribution in [2.75, 3.05) is 19.1 Å². The molecule has 0 unspecified atom stereocenters. The first-order valence-electron chi connectivity index (χ1n) is 10.2. The van der Waals surface area contributed by atoms with Gasteiger partial charge in [0.25, 0.3) is 11.8 Å².